The molecule has 0 saturated heterocycles. The lowest BCUT2D eigenvalue weighted by Crippen LogP contribution is -2.35. The Bertz CT molecular complexity index is 920. The van der Waals surface area contributed by atoms with Crippen LogP contribution in [0.5, 0.6) is 0 Å². The molecule has 150 valence electrons. The molecule has 1 aromatic heterocycles. The van der Waals surface area contributed by atoms with Crippen LogP contribution in [0.25, 0.3) is 0 Å². The number of pyridine rings is 1. The lowest BCUT2D eigenvalue weighted by Gasteiger charge is -2.22. The van der Waals surface area contributed by atoms with Crippen LogP contribution in [0.4, 0.5) is 5.82 Å². The third kappa shape index (κ3) is 4.97. The highest BCUT2D eigenvalue weighted by molar-refractivity contribution is 7.89. The molecule has 0 atom stereocenters. The number of carbonyl (C=O) groups excluding carboxylic acids is 1. The van der Waals surface area contributed by atoms with E-state index in [0.29, 0.717) is 11.7 Å². The van der Waals surface area contributed by atoms with E-state index < -0.39 is 15.9 Å². The van der Waals surface area contributed by atoms with E-state index in [9.17, 15) is 13.2 Å². The maximum Gasteiger partial charge on any atom is 0.243 e. The lowest BCUT2D eigenvalue weighted by atomic mass is 9.84. The predicted molar refractivity (Wildman–Crippen MR) is 110 cm³/mol. The van der Waals surface area contributed by atoms with Crippen molar-refractivity contribution in [1.82, 2.24) is 9.29 Å². The van der Waals surface area contributed by atoms with E-state index in [0.717, 1.165) is 9.87 Å². The number of benzene rings is 1. The molecule has 1 amide bonds. The van der Waals surface area contributed by atoms with E-state index in [2.05, 4.69) is 10.3 Å². The molecule has 1 aromatic carbocycles. The summed E-state index contributed by atoms with van der Waals surface area (Å²) in [5.74, 6) is 0.506. The van der Waals surface area contributed by atoms with Gasteiger partial charge < -0.3 is 5.32 Å². The second-order valence-electron chi connectivity index (χ2n) is 7.43. The highest BCUT2D eigenvalue weighted by atomic mass is 32.2. The van der Waals surface area contributed by atoms with Gasteiger partial charge in [-0.05, 0) is 61.1 Å². The third-order valence-corrected chi connectivity index (χ3v) is 7.03. The molecular weight excluding hydrogens is 374 g/mol. The fourth-order valence-corrected chi connectivity index (χ4v) is 4.73. The molecule has 1 N–H and O–H groups in total. The first-order chi connectivity index (χ1) is 13.4. The molecular formula is C21H27N3O3S. The molecule has 2 aromatic rings. The Hall–Kier alpha value is -2.25. The average Bonchev–Trinajstić information content (AvgIpc) is 2.68. The summed E-state index contributed by atoms with van der Waals surface area (Å²) in [4.78, 5) is 16.5. The van der Waals surface area contributed by atoms with Crippen molar-refractivity contribution in [3.8, 4) is 0 Å². The highest BCUT2D eigenvalue weighted by Gasteiger charge is 2.24. The minimum absolute atomic E-state index is 0.205. The van der Waals surface area contributed by atoms with Gasteiger partial charge in [-0.2, -0.15) is 4.31 Å². The van der Waals surface area contributed by atoms with Gasteiger partial charge in [-0.15, -0.1) is 0 Å². The number of aromatic nitrogens is 1. The van der Waals surface area contributed by atoms with Gasteiger partial charge in [0.2, 0.25) is 15.9 Å². The Morgan fingerprint density at radius 1 is 1.14 bits per heavy atom. The van der Waals surface area contributed by atoms with Gasteiger partial charge in [-0.3, -0.25) is 4.79 Å². The van der Waals surface area contributed by atoms with Crippen LogP contribution in [0.1, 0.15) is 49.1 Å². The summed E-state index contributed by atoms with van der Waals surface area (Å²) in [6, 6.07) is 10.7. The van der Waals surface area contributed by atoms with Gasteiger partial charge in [0.1, 0.15) is 5.82 Å². The summed E-state index contributed by atoms with van der Waals surface area (Å²) in [6.07, 6.45) is 7.68. The minimum atomic E-state index is -3.73. The summed E-state index contributed by atoms with van der Waals surface area (Å²) in [7, 11) is -2.32. The number of amides is 1. The summed E-state index contributed by atoms with van der Waals surface area (Å²) < 4.78 is 26.6. The fourth-order valence-electron chi connectivity index (χ4n) is 3.60. The second-order valence-corrected chi connectivity index (χ2v) is 9.48. The van der Waals surface area contributed by atoms with Crippen molar-refractivity contribution < 1.29 is 13.2 Å². The van der Waals surface area contributed by atoms with Gasteiger partial charge in [0, 0.05) is 13.2 Å². The van der Waals surface area contributed by atoms with Crippen molar-refractivity contribution in [3.63, 3.8) is 0 Å². The van der Waals surface area contributed by atoms with E-state index in [-0.39, 0.29) is 11.4 Å². The van der Waals surface area contributed by atoms with Gasteiger partial charge in [0.25, 0.3) is 0 Å². The largest absolute Gasteiger partial charge is 0.310 e. The molecule has 0 spiro atoms. The van der Waals surface area contributed by atoms with Crippen molar-refractivity contribution >= 4 is 21.7 Å². The van der Waals surface area contributed by atoms with Crippen molar-refractivity contribution in [2.24, 2.45) is 0 Å². The number of anilines is 1. The molecule has 3 rings (SSSR count). The van der Waals surface area contributed by atoms with E-state index >= 15 is 0 Å². The van der Waals surface area contributed by atoms with Gasteiger partial charge >= 0.3 is 0 Å². The van der Waals surface area contributed by atoms with Crippen LogP contribution in [0, 0.1) is 6.92 Å². The minimum Gasteiger partial charge on any atom is -0.310 e. The van der Waals surface area contributed by atoms with Crippen LogP contribution in [-0.2, 0) is 14.8 Å². The molecule has 0 radical (unpaired) electrons. The van der Waals surface area contributed by atoms with E-state index in [1.807, 2.05) is 25.1 Å². The first-order valence-corrected chi connectivity index (χ1v) is 11.1. The number of likely N-dealkylation sites (N-methyl/N-ethyl adjacent to an activating group) is 1. The maximum absolute atomic E-state index is 12.8. The first kappa shape index (κ1) is 20.5. The standard InChI is InChI=1S/C21H27N3O3S/c1-16-12-13-22-20(14-16)23-21(25)15-24(2)28(26,27)19-10-8-18(9-11-19)17-6-4-3-5-7-17/h8-14,17H,3-7,15H2,1-2H3,(H,22,23,25). The maximum atomic E-state index is 12.8. The van der Waals surface area contributed by atoms with Gasteiger partial charge in [-0.25, -0.2) is 13.4 Å². The van der Waals surface area contributed by atoms with Gasteiger partial charge in [0.05, 0.1) is 11.4 Å². The number of carbonyl (C=O) groups is 1. The molecule has 1 aliphatic rings. The molecule has 1 saturated carbocycles. The second kappa shape index (κ2) is 8.84. The van der Waals surface area contributed by atoms with Gasteiger partial charge in [0.15, 0.2) is 0 Å². The molecule has 0 aliphatic heterocycles. The monoisotopic (exact) mass is 401 g/mol. The van der Waals surface area contributed by atoms with Crippen LogP contribution in [0.3, 0.4) is 0 Å². The van der Waals surface area contributed by atoms with E-state index in [4.69, 9.17) is 0 Å². The van der Waals surface area contributed by atoms with E-state index in [1.54, 1.807) is 24.4 Å². The first-order valence-electron chi connectivity index (χ1n) is 9.65. The number of aryl methyl sites for hydroxylation is 1. The zero-order valence-electron chi connectivity index (χ0n) is 16.4. The van der Waals surface area contributed by atoms with Crippen molar-refractivity contribution in [2.75, 3.05) is 18.9 Å². The summed E-state index contributed by atoms with van der Waals surface area (Å²) in [5.41, 5.74) is 2.16. The molecule has 0 unspecified atom stereocenters. The number of hydrogen-bond acceptors (Lipinski definition) is 4. The molecule has 7 heteroatoms. The average molecular weight is 402 g/mol. The van der Waals surface area contributed by atoms with Crippen molar-refractivity contribution in [2.45, 2.75) is 49.8 Å². The van der Waals surface area contributed by atoms with Crippen LogP contribution in [0.2, 0.25) is 0 Å². The number of rotatable bonds is 6. The number of nitrogens with zero attached hydrogens (tertiary/aromatic N) is 2. The summed E-state index contributed by atoms with van der Waals surface area (Å²) in [6.45, 7) is 1.62. The molecule has 28 heavy (non-hydrogen) atoms. The van der Waals surface area contributed by atoms with Crippen LogP contribution in [-0.4, -0.2) is 37.2 Å². The highest BCUT2D eigenvalue weighted by Crippen LogP contribution is 2.33. The number of nitrogens with one attached hydrogen (secondary N) is 1. The normalized spacial score (nSPS) is 15.5. The zero-order chi connectivity index (χ0) is 20.1. The number of hydrogen-bond donors (Lipinski definition) is 1. The predicted octanol–water partition coefficient (Wildman–Crippen LogP) is 3.70. The Morgan fingerprint density at radius 2 is 1.82 bits per heavy atom. The SMILES string of the molecule is Cc1ccnc(NC(=O)CN(C)S(=O)(=O)c2ccc(C3CCCCC3)cc2)c1. The Kier molecular flexibility index (Phi) is 6.46. The van der Waals surface area contributed by atoms with Crippen molar-refractivity contribution in [1.29, 1.82) is 0 Å². The van der Waals surface area contributed by atoms with Crippen molar-refractivity contribution in [3.05, 3.63) is 53.7 Å². The molecule has 1 heterocycles. The lowest BCUT2D eigenvalue weighted by molar-refractivity contribution is -0.116. The van der Waals surface area contributed by atoms with Gasteiger partial charge in [-0.1, -0.05) is 31.4 Å². The smallest absolute Gasteiger partial charge is 0.243 e. The fraction of sp³-hybridized carbons (Fsp3) is 0.429. The quantitative estimate of drug-likeness (QED) is 0.800. The Morgan fingerprint density at radius 3 is 2.46 bits per heavy atom. The summed E-state index contributed by atoms with van der Waals surface area (Å²) >= 11 is 0. The Balaban J connectivity index is 1.64. The topological polar surface area (TPSA) is 79.4 Å². The molecule has 1 aliphatic carbocycles. The number of sulfonamides is 1. The molecule has 6 nitrogen and oxygen atoms in total. The van der Waals surface area contributed by atoms with E-state index in [1.165, 1.54) is 44.7 Å². The molecule has 1 fully saturated rings. The van der Waals surface area contributed by atoms with Crippen LogP contribution < -0.4 is 5.32 Å². The van der Waals surface area contributed by atoms with Crippen LogP contribution in [0.15, 0.2) is 47.5 Å². The third-order valence-electron chi connectivity index (χ3n) is 5.21. The Labute approximate surface area is 167 Å². The zero-order valence-corrected chi connectivity index (χ0v) is 17.2. The summed E-state index contributed by atoms with van der Waals surface area (Å²) in [5, 5.41) is 2.63. The van der Waals surface area contributed by atoms with Crippen LogP contribution >= 0.6 is 0 Å². The molecule has 0 bridgehead atoms.